The third kappa shape index (κ3) is 2.89. The molecule has 3 nitrogen and oxygen atoms in total. The van der Waals surface area contributed by atoms with E-state index in [9.17, 15) is 0 Å². The third-order valence-corrected chi connectivity index (χ3v) is 5.32. The lowest BCUT2D eigenvalue weighted by Crippen LogP contribution is -2.55. The fourth-order valence-corrected chi connectivity index (χ4v) is 3.98. The van der Waals surface area contributed by atoms with Gasteiger partial charge in [0.1, 0.15) is 0 Å². The quantitative estimate of drug-likeness (QED) is 0.597. The van der Waals surface area contributed by atoms with Gasteiger partial charge in [0.25, 0.3) is 0 Å². The summed E-state index contributed by atoms with van der Waals surface area (Å²) < 4.78 is 0. The van der Waals surface area contributed by atoms with Crippen LogP contribution in [0, 0.1) is 0 Å². The fourth-order valence-electron chi connectivity index (χ4n) is 2.61. The molecule has 1 aromatic heterocycles. The van der Waals surface area contributed by atoms with Gasteiger partial charge in [-0.15, -0.1) is 11.3 Å². The van der Waals surface area contributed by atoms with Crippen molar-refractivity contribution < 1.29 is 0 Å². The fraction of sp³-hybridized carbons (Fsp3) is 0.692. The largest absolute Gasteiger partial charge is 0.297 e. The van der Waals surface area contributed by atoms with Gasteiger partial charge in [0.2, 0.25) is 0 Å². The molecule has 0 radical (unpaired) electrons. The second kappa shape index (κ2) is 6.87. The summed E-state index contributed by atoms with van der Waals surface area (Å²) in [6, 6.07) is 1.99. The number of hydrazine groups is 1. The number of likely N-dealkylation sites (N-methyl/N-ethyl adjacent to an activating group) is 1. The van der Waals surface area contributed by atoms with Crippen molar-refractivity contribution in [1.82, 2.24) is 10.3 Å². The van der Waals surface area contributed by atoms with E-state index in [0.29, 0.717) is 0 Å². The Morgan fingerprint density at radius 1 is 1.44 bits per heavy atom. The minimum Gasteiger partial charge on any atom is -0.297 e. The molecule has 0 aliphatic carbocycles. The Kier molecular flexibility index (Phi) is 6.08. The lowest BCUT2D eigenvalue weighted by molar-refractivity contribution is 0.0712. The monoisotopic (exact) mass is 289 g/mol. The number of nitrogens with one attached hydrogen (secondary N) is 1. The zero-order valence-electron chi connectivity index (χ0n) is 11.7. The molecule has 5 heteroatoms. The first kappa shape index (κ1) is 15.9. The van der Waals surface area contributed by atoms with Gasteiger partial charge >= 0.3 is 0 Å². The number of hydrogen-bond acceptors (Lipinski definition) is 4. The molecule has 0 fully saturated rings. The molecule has 2 unspecified atom stereocenters. The van der Waals surface area contributed by atoms with Crippen LogP contribution in [0.5, 0.6) is 0 Å². The Hall–Kier alpha value is -0.130. The molecule has 1 heterocycles. The summed E-state index contributed by atoms with van der Waals surface area (Å²) in [6.45, 7) is 10.8. The molecular weight excluding hydrogens is 266 g/mol. The average Bonchev–Trinajstić information content (AvgIpc) is 2.78. The highest BCUT2D eigenvalue weighted by molar-refractivity contribution is 7.10. The SMILES string of the molecule is CCN(CC)C(C)(CC)C(NN)c1sccc1Cl. The Bertz CT molecular complexity index is 365. The highest BCUT2D eigenvalue weighted by atomic mass is 35.5. The second-order valence-corrected chi connectivity index (χ2v) is 5.97. The average molecular weight is 290 g/mol. The maximum atomic E-state index is 6.26. The van der Waals surface area contributed by atoms with E-state index in [2.05, 4.69) is 38.0 Å². The van der Waals surface area contributed by atoms with E-state index in [1.807, 2.05) is 11.4 Å². The Morgan fingerprint density at radius 3 is 2.39 bits per heavy atom. The molecule has 0 amide bonds. The van der Waals surface area contributed by atoms with Crippen LogP contribution in [-0.4, -0.2) is 23.5 Å². The number of nitrogens with zero attached hydrogens (tertiary/aromatic N) is 1. The zero-order valence-corrected chi connectivity index (χ0v) is 13.2. The summed E-state index contributed by atoms with van der Waals surface area (Å²) in [4.78, 5) is 3.56. The Morgan fingerprint density at radius 2 is 2.06 bits per heavy atom. The molecule has 1 rings (SSSR count). The summed E-state index contributed by atoms with van der Waals surface area (Å²) in [6.07, 6.45) is 1.01. The summed E-state index contributed by atoms with van der Waals surface area (Å²) in [7, 11) is 0. The summed E-state index contributed by atoms with van der Waals surface area (Å²) in [5.41, 5.74) is 2.94. The summed E-state index contributed by atoms with van der Waals surface area (Å²) in [5.74, 6) is 5.81. The molecule has 0 aromatic carbocycles. The van der Waals surface area contributed by atoms with Crippen LogP contribution in [0.25, 0.3) is 0 Å². The van der Waals surface area contributed by atoms with Crippen molar-refractivity contribution in [2.45, 2.75) is 45.7 Å². The molecule has 0 aliphatic heterocycles. The van der Waals surface area contributed by atoms with E-state index in [1.165, 1.54) is 0 Å². The third-order valence-electron chi connectivity index (χ3n) is 3.90. The molecule has 0 bridgehead atoms. The van der Waals surface area contributed by atoms with Crippen molar-refractivity contribution in [2.24, 2.45) is 5.84 Å². The topological polar surface area (TPSA) is 41.3 Å². The van der Waals surface area contributed by atoms with Crippen LogP contribution in [0.4, 0.5) is 0 Å². The summed E-state index contributed by atoms with van der Waals surface area (Å²) in [5, 5.41) is 2.81. The van der Waals surface area contributed by atoms with Crippen LogP contribution >= 0.6 is 22.9 Å². The van der Waals surface area contributed by atoms with Crippen molar-refractivity contribution in [2.75, 3.05) is 13.1 Å². The second-order valence-electron chi connectivity index (χ2n) is 4.62. The van der Waals surface area contributed by atoms with E-state index < -0.39 is 0 Å². The van der Waals surface area contributed by atoms with Crippen LogP contribution in [0.2, 0.25) is 5.02 Å². The molecule has 0 saturated heterocycles. The van der Waals surface area contributed by atoms with Crippen molar-refractivity contribution in [3.63, 3.8) is 0 Å². The smallest absolute Gasteiger partial charge is 0.0748 e. The predicted molar refractivity (Wildman–Crippen MR) is 81.0 cm³/mol. The maximum absolute atomic E-state index is 6.26. The first-order valence-electron chi connectivity index (χ1n) is 6.49. The highest BCUT2D eigenvalue weighted by Crippen LogP contribution is 2.39. The molecule has 0 spiro atoms. The number of hydrogen-bond donors (Lipinski definition) is 2. The van der Waals surface area contributed by atoms with E-state index >= 15 is 0 Å². The normalized spacial score (nSPS) is 16.8. The van der Waals surface area contributed by atoms with Crippen LogP contribution in [0.3, 0.4) is 0 Å². The molecule has 3 N–H and O–H groups in total. The lowest BCUT2D eigenvalue weighted by Gasteiger charge is -2.45. The Labute approximate surface area is 119 Å². The van der Waals surface area contributed by atoms with Crippen molar-refractivity contribution in [1.29, 1.82) is 0 Å². The van der Waals surface area contributed by atoms with E-state index in [-0.39, 0.29) is 11.6 Å². The molecule has 18 heavy (non-hydrogen) atoms. The van der Waals surface area contributed by atoms with Gasteiger partial charge in [-0.05, 0) is 37.9 Å². The first-order valence-corrected chi connectivity index (χ1v) is 7.74. The van der Waals surface area contributed by atoms with Crippen molar-refractivity contribution >= 4 is 22.9 Å². The lowest BCUT2D eigenvalue weighted by atomic mass is 9.86. The molecule has 0 aliphatic rings. The standard InChI is InChI=1S/C13H24ClN3S/c1-5-13(4,17(6-2)7-3)12(16-15)11-10(14)8-9-18-11/h8-9,12,16H,5-7,15H2,1-4H3. The van der Waals surface area contributed by atoms with Gasteiger partial charge in [-0.1, -0.05) is 32.4 Å². The van der Waals surface area contributed by atoms with Gasteiger partial charge < -0.3 is 0 Å². The minimum atomic E-state index is -0.0350. The first-order chi connectivity index (χ1) is 8.54. The van der Waals surface area contributed by atoms with Gasteiger partial charge in [-0.3, -0.25) is 16.2 Å². The van der Waals surface area contributed by atoms with Crippen molar-refractivity contribution in [3.8, 4) is 0 Å². The maximum Gasteiger partial charge on any atom is 0.0748 e. The van der Waals surface area contributed by atoms with Gasteiger partial charge in [0.05, 0.1) is 11.1 Å². The van der Waals surface area contributed by atoms with E-state index in [0.717, 1.165) is 29.4 Å². The van der Waals surface area contributed by atoms with Crippen LogP contribution in [-0.2, 0) is 0 Å². The van der Waals surface area contributed by atoms with E-state index in [4.69, 9.17) is 17.4 Å². The molecule has 104 valence electrons. The number of thiophene rings is 1. The zero-order chi connectivity index (χ0) is 13.8. The molecule has 0 saturated carbocycles. The summed E-state index contributed by atoms with van der Waals surface area (Å²) >= 11 is 7.93. The number of halogens is 1. The number of rotatable bonds is 7. The van der Waals surface area contributed by atoms with Crippen LogP contribution in [0.15, 0.2) is 11.4 Å². The van der Waals surface area contributed by atoms with E-state index in [1.54, 1.807) is 11.3 Å². The molecular formula is C13H24ClN3S. The van der Waals surface area contributed by atoms with Gasteiger partial charge in [0.15, 0.2) is 0 Å². The Balaban J connectivity index is 3.14. The minimum absolute atomic E-state index is 0.0350. The van der Waals surface area contributed by atoms with Crippen LogP contribution in [0.1, 0.15) is 45.0 Å². The van der Waals surface area contributed by atoms with Gasteiger partial charge in [0, 0.05) is 10.4 Å². The molecule has 2 atom stereocenters. The van der Waals surface area contributed by atoms with Gasteiger partial charge in [-0.2, -0.15) is 0 Å². The number of nitrogens with two attached hydrogens (primary N) is 1. The predicted octanol–water partition coefficient (Wildman–Crippen LogP) is 3.42. The molecule has 1 aromatic rings. The van der Waals surface area contributed by atoms with Crippen LogP contribution < -0.4 is 11.3 Å². The highest BCUT2D eigenvalue weighted by Gasteiger charge is 2.38. The van der Waals surface area contributed by atoms with Gasteiger partial charge in [-0.25, -0.2) is 0 Å². The van der Waals surface area contributed by atoms with Crippen molar-refractivity contribution in [3.05, 3.63) is 21.3 Å².